The van der Waals surface area contributed by atoms with Crippen LogP contribution < -0.4 is 0 Å². The normalized spacial score (nSPS) is 30.1. The zero-order chi connectivity index (χ0) is 11.3. The lowest BCUT2D eigenvalue weighted by molar-refractivity contribution is -0.132. The van der Waals surface area contributed by atoms with Gasteiger partial charge in [-0.05, 0) is 24.6 Å². The lowest BCUT2D eigenvalue weighted by Gasteiger charge is -2.12. The predicted octanol–water partition coefficient (Wildman–Crippen LogP) is 1.10. The molecule has 1 atom stereocenters. The average Bonchev–Trinajstić information content (AvgIpc) is 2.18. The monoisotopic (exact) mass is 210 g/mol. The van der Waals surface area contributed by atoms with Crippen molar-refractivity contribution < 1.29 is 19.7 Å². The van der Waals surface area contributed by atoms with Crippen LogP contribution in [0.25, 0.3) is 0 Å². The molecule has 0 radical (unpaired) electrons. The van der Waals surface area contributed by atoms with E-state index < -0.39 is 5.97 Å². The highest BCUT2D eigenvalue weighted by molar-refractivity contribution is 5.87. The van der Waals surface area contributed by atoms with Gasteiger partial charge in [0, 0.05) is 18.1 Å². The van der Waals surface area contributed by atoms with Crippen molar-refractivity contribution >= 4 is 5.97 Å². The zero-order valence-electron chi connectivity index (χ0n) is 8.51. The standard InChI is InChI=1S/C11H14O4/c1-15-10-4-2-8(7-12)6-9(3-5-10)11(13)14/h2-5,8,12H,6-7H2,1H3,(H,13,14)/b4-2-,9-3+,10-5+. The number of carboxylic acids is 1. The van der Waals surface area contributed by atoms with Gasteiger partial charge in [0.05, 0.1) is 7.11 Å². The number of hydrogen-bond acceptors (Lipinski definition) is 3. The third-order valence-corrected chi connectivity index (χ3v) is 2.21. The van der Waals surface area contributed by atoms with E-state index in [1.54, 1.807) is 18.2 Å². The van der Waals surface area contributed by atoms with E-state index in [0.717, 1.165) is 0 Å². The molecule has 1 rings (SSSR count). The molecule has 4 nitrogen and oxygen atoms in total. The summed E-state index contributed by atoms with van der Waals surface area (Å²) in [4.78, 5) is 10.8. The molecule has 1 aliphatic carbocycles. The van der Waals surface area contributed by atoms with Gasteiger partial charge < -0.3 is 14.9 Å². The van der Waals surface area contributed by atoms with Crippen molar-refractivity contribution in [3.8, 4) is 0 Å². The fourth-order valence-electron chi connectivity index (χ4n) is 1.31. The SMILES string of the molecule is COC1=C/C=C(/C(=O)O)CC(CO)/C=C\1. The number of aliphatic carboxylic acids is 1. The van der Waals surface area contributed by atoms with Crippen molar-refractivity contribution in [2.24, 2.45) is 5.92 Å². The molecule has 0 aliphatic heterocycles. The van der Waals surface area contributed by atoms with Gasteiger partial charge in [0.25, 0.3) is 0 Å². The van der Waals surface area contributed by atoms with E-state index in [1.807, 2.05) is 0 Å². The van der Waals surface area contributed by atoms with E-state index in [9.17, 15) is 4.79 Å². The van der Waals surface area contributed by atoms with Crippen molar-refractivity contribution in [2.45, 2.75) is 6.42 Å². The Bertz CT molecular complexity index is 325. The van der Waals surface area contributed by atoms with Gasteiger partial charge in [-0.3, -0.25) is 0 Å². The second kappa shape index (κ2) is 5.36. The number of carbonyl (C=O) groups is 1. The smallest absolute Gasteiger partial charge is 0.331 e. The van der Waals surface area contributed by atoms with Crippen LogP contribution in [-0.2, 0) is 9.53 Å². The fourth-order valence-corrected chi connectivity index (χ4v) is 1.31. The van der Waals surface area contributed by atoms with Crippen molar-refractivity contribution in [3.05, 3.63) is 35.6 Å². The largest absolute Gasteiger partial charge is 0.497 e. The summed E-state index contributed by atoms with van der Waals surface area (Å²) < 4.78 is 5.00. The maximum atomic E-state index is 10.8. The molecule has 0 aromatic heterocycles. The van der Waals surface area contributed by atoms with Gasteiger partial charge in [0.15, 0.2) is 0 Å². The number of rotatable bonds is 3. The molecule has 0 spiro atoms. The van der Waals surface area contributed by atoms with E-state index in [1.165, 1.54) is 13.2 Å². The van der Waals surface area contributed by atoms with Crippen molar-refractivity contribution in [3.63, 3.8) is 0 Å². The molecule has 0 fully saturated rings. The van der Waals surface area contributed by atoms with Gasteiger partial charge >= 0.3 is 5.97 Å². The summed E-state index contributed by atoms with van der Waals surface area (Å²) in [5.74, 6) is -0.562. The minimum Gasteiger partial charge on any atom is -0.497 e. The predicted molar refractivity (Wildman–Crippen MR) is 55.1 cm³/mol. The summed E-state index contributed by atoms with van der Waals surface area (Å²) in [6.07, 6.45) is 6.93. The van der Waals surface area contributed by atoms with Crippen LogP contribution in [0.5, 0.6) is 0 Å². The second-order valence-corrected chi connectivity index (χ2v) is 3.28. The topological polar surface area (TPSA) is 66.8 Å². The molecular formula is C11H14O4. The summed E-state index contributed by atoms with van der Waals surface area (Å²) in [6, 6.07) is 0. The van der Waals surface area contributed by atoms with Crippen LogP contribution in [0.3, 0.4) is 0 Å². The van der Waals surface area contributed by atoms with Gasteiger partial charge in [-0.1, -0.05) is 6.08 Å². The molecule has 0 aromatic carbocycles. The van der Waals surface area contributed by atoms with Crippen LogP contribution in [0.1, 0.15) is 6.42 Å². The van der Waals surface area contributed by atoms with E-state index >= 15 is 0 Å². The Morgan fingerprint density at radius 3 is 2.87 bits per heavy atom. The molecule has 0 heterocycles. The van der Waals surface area contributed by atoms with Gasteiger partial charge in [-0.2, -0.15) is 0 Å². The Balaban J connectivity index is 2.96. The van der Waals surface area contributed by atoms with Crippen LogP contribution in [0.2, 0.25) is 0 Å². The summed E-state index contributed by atoms with van der Waals surface area (Å²) in [7, 11) is 1.51. The van der Waals surface area contributed by atoms with Crippen LogP contribution in [-0.4, -0.2) is 29.9 Å². The van der Waals surface area contributed by atoms with E-state index in [0.29, 0.717) is 12.2 Å². The molecule has 2 N–H and O–H groups in total. The van der Waals surface area contributed by atoms with Crippen LogP contribution >= 0.6 is 0 Å². The molecule has 0 aromatic rings. The minimum atomic E-state index is -0.963. The first-order valence-electron chi connectivity index (χ1n) is 4.64. The first-order chi connectivity index (χ1) is 7.17. The third-order valence-electron chi connectivity index (χ3n) is 2.21. The highest BCUT2D eigenvalue weighted by Gasteiger charge is 2.14. The number of aliphatic hydroxyl groups is 1. The van der Waals surface area contributed by atoms with E-state index in [-0.39, 0.29) is 18.1 Å². The summed E-state index contributed by atoms with van der Waals surface area (Å²) in [5.41, 5.74) is 0.271. The Hall–Kier alpha value is -1.55. The molecular weight excluding hydrogens is 196 g/mol. The molecule has 1 unspecified atom stereocenters. The molecule has 4 heteroatoms. The van der Waals surface area contributed by atoms with Crippen molar-refractivity contribution in [1.82, 2.24) is 0 Å². The quantitative estimate of drug-likeness (QED) is 0.732. The second-order valence-electron chi connectivity index (χ2n) is 3.28. The highest BCUT2D eigenvalue weighted by atomic mass is 16.5. The number of allylic oxidation sites excluding steroid dienone is 3. The van der Waals surface area contributed by atoms with E-state index in [4.69, 9.17) is 14.9 Å². The summed E-state index contributed by atoms with van der Waals surface area (Å²) in [6.45, 7) is -0.0713. The van der Waals surface area contributed by atoms with Gasteiger partial charge in [0.2, 0.25) is 0 Å². The maximum absolute atomic E-state index is 10.8. The third kappa shape index (κ3) is 3.25. The Labute approximate surface area is 88.2 Å². The fraction of sp³-hybridized carbons (Fsp3) is 0.364. The van der Waals surface area contributed by atoms with Crippen LogP contribution in [0.4, 0.5) is 0 Å². The van der Waals surface area contributed by atoms with Crippen molar-refractivity contribution in [2.75, 3.05) is 13.7 Å². The van der Waals surface area contributed by atoms with Crippen molar-refractivity contribution in [1.29, 1.82) is 0 Å². The molecule has 0 amide bonds. The Morgan fingerprint density at radius 2 is 2.33 bits per heavy atom. The van der Waals surface area contributed by atoms with Crippen LogP contribution in [0, 0.1) is 5.92 Å². The number of carboxylic acid groups (broad SMARTS) is 1. The van der Waals surface area contributed by atoms with Gasteiger partial charge in [-0.15, -0.1) is 0 Å². The Kier molecular flexibility index (Phi) is 4.12. The summed E-state index contributed by atoms with van der Waals surface area (Å²) >= 11 is 0. The summed E-state index contributed by atoms with van der Waals surface area (Å²) in [5, 5.41) is 17.9. The molecule has 1 aliphatic rings. The highest BCUT2D eigenvalue weighted by Crippen LogP contribution is 2.17. The lowest BCUT2D eigenvalue weighted by Crippen LogP contribution is -2.10. The van der Waals surface area contributed by atoms with E-state index in [2.05, 4.69) is 0 Å². The molecule has 15 heavy (non-hydrogen) atoms. The number of methoxy groups -OCH3 is 1. The number of ether oxygens (including phenoxy) is 1. The lowest BCUT2D eigenvalue weighted by atomic mass is 9.97. The number of aliphatic hydroxyl groups excluding tert-OH is 1. The Morgan fingerprint density at radius 1 is 1.60 bits per heavy atom. The first kappa shape index (κ1) is 11.5. The molecule has 0 bridgehead atoms. The van der Waals surface area contributed by atoms with Gasteiger partial charge in [0.1, 0.15) is 5.76 Å². The van der Waals surface area contributed by atoms with Gasteiger partial charge in [-0.25, -0.2) is 4.79 Å². The first-order valence-corrected chi connectivity index (χ1v) is 4.64. The average molecular weight is 210 g/mol. The molecule has 82 valence electrons. The molecule has 0 saturated heterocycles. The maximum Gasteiger partial charge on any atom is 0.331 e. The minimum absolute atomic E-state index is 0.0713. The zero-order valence-corrected chi connectivity index (χ0v) is 8.51. The van der Waals surface area contributed by atoms with Crippen LogP contribution in [0.15, 0.2) is 35.6 Å². The number of hydrogen-bond donors (Lipinski definition) is 2. The molecule has 0 saturated carbocycles.